The third-order valence-corrected chi connectivity index (χ3v) is 5.73. The highest BCUT2D eigenvalue weighted by atomic mass is 32.2. The molecule has 2 N–H and O–H groups in total. The highest BCUT2D eigenvalue weighted by molar-refractivity contribution is 7.89. The zero-order valence-corrected chi connectivity index (χ0v) is 14.5. The minimum atomic E-state index is -3.85. The third kappa shape index (κ3) is 4.12. The van der Waals surface area contributed by atoms with E-state index in [1.807, 2.05) is 6.92 Å². The Balaban J connectivity index is 2.22. The van der Waals surface area contributed by atoms with E-state index in [-0.39, 0.29) is 28.3 Å². The quantitative estimate of drug-likeness (QED) is 0.802. The fourth-order valence-electron chi connectivity index (χ4n) is 2.99. The molecule has 1 aliphatic rings. The summed E-state index contributed by atoms with van der Waals surface area (Å²) in [6.45, 7) is 4.35. The largest absolute Gasteiger partial charge is 0.478 e. The van der Waals surface area contributed by atoms with Crippen molar-refractivity contribution in [3.8, 4) is 0 Å². The maximum atomic E-state index is 12.6. The topological polar surface area (TPSA) is 104 Å². The lowest BCUT2D eigenvalue weighted by molar-refractivity contribution is -0.127. The van der Waals surface area contributed by atoms with Crippen LogP contribution in [-0.2, 0) is 14.8 Å². The van der Waals surface area contributed by atoms with Gasteiger partial charge in [0, 0.05) is 26.1 Å². The van der Waals surface area contributed by atoms with Crippen molar-refractivity contribution in [1.82, 2.24) is 9.62 Å². The lowest BCUT2D eigenvalue weighted by Gasteiger charge is -2.19. The van der Waals surface area contributed by atoms with Crippen LogP contribution < -0.4 is 4.72 Å². The summed E-state index contributed by atoms with van der Waals surface area (Å²) in [5.74, 6) is -1.21. The SMILES string of the molecule is CCC[C@H]1CN(C(C)=O)C[C@@H]1NS(=O)(=O)c1cccc(C(=O)O)c1. The number of carbonyl (C=O) groups is 2. The molecule has 0 unspecified atom stereocenters. The van der Waals surface area contributed by atoms with Gasteiger partial charge in [-0.25, -0.2) is 17.9 Å². The molecule has 1 aliphatic heterocycles. The van der Waals surface area contributed by atoms with Crippen molar-refractivity contribution in [1.29, 1.82) is 0 Å². The zero-order chi connectivity index (χ0) is 17.9. The van der Waals surface area contributed by atoms with Gasteiger partial charge >= 0.3 is 5.97 Å². The van der Waals surface area contributed by atoms with Gasteiger partial charge in [-0.05, 0) is 30.5 Å². The van der Waals surface area contributed by atoms with E-state index < -0.39 is 16.0 Å². The van der Waals surface area contributed by atoms with E-state index in [1.165, 1.54) is 25.1 Å². The van der Waals surface area contributed by atoms with Crippen molar-refractivity contribution in [2.45, 2.75) is 37.6 Å². The van der Waals surface area contributed by atoms with Gasteiger partial charge in [-0.15, -0.1) is 0 Å². The molecule has 0 bridgehead atoms. The van der Waals surface area contributed by atoms with Gasteiger partial charge in [-0.2, -0.15) is 0 Å². The second-order valence-corrected chi connectivity index (χ2v) is 7.75. The van der Waals surface area contributed by atoms with Crippen LogP contribution >= 0.6 is 0 Å². The van der Waals surface area contributed by atoms with Crippen LogP contribution in [0.3, 0.4) is 0 Å². The summed E-state index contributed by atoms with van der Waals surface area (Å²) < 4.78 is 27.8. The Morgan fingerprint density at radius 3 is 2.62 bits per heavy atom. The van der Waals surface area contributed by atoms with Crippen molar-refractivity contribution in [2.24, 2.45) is 5.92 Å². The van der Waals surface area contributed by atoms with Gasteiger partial charge in [0.15, 0.2) is 0 Å². The predicted octanol–water partition coefficient (Wildman–Crippen LogP) is 1.31. The number of carboxylic acid groups (broad SMARTS) is 1. The Bertz CT molecular complexity index is 732. The molecule has 24 heavy (non-hydrogen) atoms. The number of likely N-dealkylation sites (tertiary alicyclic amines) is 1. The molecular weight excluding hydrogens is 332 g/mol. The number of sulfonamides is 1. The Kier molecular flexibility index (Phi) is 5.61. The molecular formula is C16H22N2O5S. The third-order valence-electron chi connectivity index (χ3n) is 4.24. The van der Waals surface area contributed by atoms with Crippen LogP contribution in [0.1, 0.15) is 37.0 Å². The molecule has 132 valence electrons. The Morgan fingerprint density at radius 2 is 2.04 bits per heavy atom. The maximum absolute atomic E-state index is 12.6. The van der Waals surface area contributed by atoms with Crippen LogP contribution in [0.25, 0.3) is 0 Å². The lowest BCUT2D eigenvalue weighted by Crippen LogP contribution is -2.40. The van der Waals surface area contributed by atoms with E-state index in [9.17, 15) is 18.0 Å². The summed E-state index contributed by atoms with van der Waals surface area (Å²) in [5, 5.41) is 9.01. The van der Waals surface area contributed by atoms with Crippen molar-refractivity contribution in [3.05, 3.63) is 29.8 Å². The molecule has 1 heterocycles. The summed E-state index contributed by atoms with van der Waals surface area (Å²) in [6, 6.07) is 4.87. The summed E-state index contributed by atoms with van der Waals surface area (Å²) in [4.78, 5) is 24.2. The number of carbonyl (C=O) groups excluding carboxylic acids is 1. The Hall–Kier alpha value is -1.93. The molecule has 0 aliphatic carbocycles. The number of carboxylic acids is 1. The van der Waals surface area contributed by atoms with Crippen molar-refractivity contribution < 1.29 is 23.1 Å². The second kappa shape index (κ2) is 7.31. The first-order chi connectivity index (χ1) is 11.2. The first-order valence-corrected chi connectivity index (χ1v) is 9.34. The van der Waals surface area contributed by atoms with Gasteiger partial charge in [-0.3, -0.25) is 4.79 Å². The molecule has 1 saturated heterocycles. The molecule has 0 radical (unpaired) electrons. The molecule has 7 nitrogen and oxygen atoms in total. The highest BCUT2D eigenvalue weighted by Crippen LogP contribution is 2.24. The summed E-state index contributed by atoms with van der Waals surface area (Å²) in [7, 11) is -3.85. The second-order valence-electron chi connectivity index (χ2n) is 6.03. The van der Waals surface area contributed by atoms with Crippen molar-refractivity contribution >= 4 is 21.9 Å². The van der Waals surface area contributed by atoms with Crippen LogP contribution in [0.4, 0.5) is 0 Å². The molecule has 1 amide bonds. The van der Waals surface area contributed by atoms with E-state index in [0.717, 1.165) is 18.9 Å². The molecule has 1 aromatic rings. The van der Waals surface area contributed by atoms with E-state index in [1.54, 1.807) is 4.90 Å². The number of hydrogen-bond donors (Lipinski definition) is 2. The number of rotatable bonds is 6. The monoisotopic (exact) mass is 354 g/mol. The van der Waals surface area contributed by atoms with E-state index in [2.05, 4.69) is 4.72 Å². The number of nitrogens with zero attached hydrogens (tertiary/aromatic N) is 1. The number of benzene rings is 1. The normalized spacial score (nSPS) is 21.0. The first kappa shape index (κ1) is 18.4. The van der Waals surface area contributed by atoms with Crippen LogP contribution in [0.5, 0.6) is 0 Å². The van der Waals surface area contributed by atoms with Gasteiger partial charge < -0.3 is 10.0 Å². The molecule has 1 fully saturated rings. The van der Waals surface area contributed by atoms with E-state index >= 15 is 0 Å². The molecule has 8 heteroatoms. The summed E-state index contributed by atoms with van der Waals surface area (Å²) >= 11 is 0. The number of amides is 1. The van der Waals surface area contributed by atoms with Gasteiger partial charge in [0.2, 0.25) is 15.9 Å². The average Bonchev–Trinajstić information content (AvgIpc) is 2.90. The maximum Gasteiger partial charge on any atom is 0.335 e. The fraction of sp³-hybridized carbons (Fsp3) is 0.500. The predicted molar refractivity (Wildman–Crippen MR) is 88.2 cm³/mol. The van der Waals surface area contributed by atoms with Gasteiger partial charge in [-0.1, -0.05) is 19.4 Å². The molecule has 2 rings (SSSR count). The summed E-state index contributed by atoms with van der Waals surface area (Å²) in [5.41, 5.74) is -0.0835. The lowest BCUT2D eigenvalue weighted by atomic mass is 9.99. The smallest absolute Gasteiger partial charge is 0.335 e. The van der Waals surface area contributed by atoms with Crippen LogP contribution in [0.15, 0.2) is 29.2 Å². The zero-order valence-electron chi connectivity index (χ0n) is 13.7. The Morgan fingerprint density at radius 1 is 1.33 bits per heavy atom. The van der Waals surface area contributed by atoms with Crippen molar-refractivity contribution in [2.75, 3.05) is 13.1 Å². The van der Waals surface area contributed by atoms with Gasteiger partial charge in [0.25, 0.3) is 0 Å². The molecule has 1 aromatic carbocycles. The minimum Gasteiger partial charge on any atom is -0.478 e. The summed E-state index contributed by atoms with van der Waals surface area (Å²) in [6.07, 6.45) is 1.70. The van der Waals surface area contributed by atoms with Gasteiger partial charge in [0.1, 0.15) is 0 Å². The van der Waals surface area contributed by atoms with Crippen LogP contribution in [0.2, 0.25) is 0 Å². The molecule has 0 saturated carbocycles. The van der Waals surface area contributed by atoms with E-state index in [4.69, 9.17) is 5.11 Å². The molecule has 0 spiro atoms. The fourth-order valence-corrected chi connectivity index (χ4v) is 4.33. The molecule has 0 aromatic heterocycles. The van der Waals surface area contributed by atoms with Gasteiger partial charge in [0.05, 0.1) is 10.5 Å². The average molecular weight is 354 g/mol. The van der Waals surface area contributed by atoms with Crippen LogP contribution in [0, 0.1) is 5.92 Å². The standard InChI is InChI=1S/C16H22N2O5S/c1-3-5-13-9-18(11(2)19)10-15(13)17-24(22,23)14-7-4-6-12(8-14)16(20)21/h4,6-8,13,15,17H,3,5,9-10H2,1-2H3,(H,20,21)/t13-,15-/m0/s1. The van der Waals surface area contributed by atoms with E-state index in [0.29, 0.717) is 13.1 Å². The molecule has 2 atom stereocenters. The van der Waals surface area contributed by atoms with Crippen molar-refractivity contribution in [3.63, 3.8) is 0 Å². The Labute approximate surface area is 141 Å². The number of nitrogens with one attached hydrogen (secondary N) is 1. The van der Waals surface area contributed by atoms with Crippen LogP contribution in [-0.4, -0.2) is 49.4 Å². The number of hydrogen-bond acceptors (Lipinski definition) is 4. The minimum absolute atomic E-state index is 0.0522. The number of aromatic carboxylic acids is 1. The first-order valence-electron chi connectivity index (χ1n) is 7.85. The highest BCUT2D eigenvalue weighted by Gasteiger charge is 2.36.